The van der Waals surface area contributed by atoms with Gasteiger partial charge in [0.1, 0.15) is 12.5 Å². The van der Waals surface area contributed by atoms with Gasteiger partial charge in [0.05, 0.1) is 7.11 Å². The van der Waals surface area contributed by atoms with Crippen LogP contribution in [0.15, 0.2) is 24.3 Å². The van der Waals surface area contributed by atoms with Crippen molar-refractivity contribution in [2.24, 2.45) is 0 Å². The van der Waals surface area contributed by atoms with Crippen molar-refractivity contribution in [3.05, 3.63) is 24.3 Å². The lowest BCUT2D eigenvalue weighted by molar-refractivity contribution is 0.325. The van der Waals surface area contributed by atoms with Gasteiger partial charge < -0.3 is 15.2 Å². The summed E-state index contributed by atoms with van der Waals surface area (Å²) in [5.74, 6) is 0.813. The van der Waals surface area contributed by atoms with Crippen LogP contribution in [0, 0.1) is 0 Å². The number of methoxy groups -OCH3 is 1. The number of hydrogen-bond donors (Lipinski definition) is 2. The quantitative estimate of drug-likeness (QED) is 0.638. The molecule has 3 heteroatoms. The summed E-state index contributed by atoms with van der Waals surface area (Å²) in [6.45, 7) is -0.0493. The van der Waals surface area contributed by atoms with E-state index in [1.165, 1.54) is 0 Å². The molecule has 1 aromatic carbocycles. The van der Waals surface area contributed by atoms with Gasteiger partial charge in [-0.3, -0.25) is 0 Å². The minimum atomic E-state index is -0.0493. The Morgan fingerprint density at radius 1 is 1.36 bits per heavy atom. The van der Waals surface area contributed by atoms with Crippen molar-refractivity contribution in [1.82, 2.24) is 0 Å². The zero-order valence-corrected chi connectivity index (χ0v) is 6.37. The number of anilines is 1. The lowest BCUT2D eigenvalue weighted by atomic mass is 10.3. The van der Waals surface area contributed by atoms with E-state index in [1.54, 1.807) is 7.11 Å². The number of rotatable bonds is 3. The number of benzene rings is 1. The Hall–Kier alpha value is -1.22. The molecule has 0 saturated carbocycles. The third kappa shape index (κ3) is 2.13. The largest absolute Gasteiger partial charge is 0.497 e. The first-order valence-electron chi connectivity index (χ1n) is 3.35. The van der Waals surface area contributed by atoms with Gasteiger partial charge in [-0.15, -0.1) is 0 Å². The van der Waals surface area contributed by atoms with E-state index in [9.17, 15) is 0 Å². The number of nitrogens with one attached hydrogen (secondary N) is 1. The number of hydrogen-bond acceptors (Lipinski definition) is 3. The number of aliphatic hydroxyl groups is 1. The second kappa shape index (κ2) is 3.83. The maximum Gasteiger partial charge on any atom is 0.119 e. The third-order valence-corrected chi connectivity index (χ3v) is 1.37. The van der Waals surface area contributed by atoms with Crippen LogP contribution < -0.4 is 10.1 Å². The second-order valence-electron chi connectivity index (χ2n) is 2.06. The number of ether oxygens (including phenoxy) is 1. The molecular weight excluding hydrogens is 142 g/mol. The zero-order valence-electron chi connectivity index (χ0n) is 6.37. The summed E-state index contributed by atoms with van der Waals surface area (Å²) in [5, 5.41) is 11.3. The van der Waals surface area contributed by atoms with Crippen LogP contribution in [0.25, 0.3) is 0 Å². The maximum atomic E-state index is 8.50. The molecule has 0 heterocycles. The van der Waals surface area contributed by atoms with Gasteiger partial charge in [0.15, 0.2) is 0 Å². The molecule has 0 amide bonds. The van der Waals surface area contributed by atoms with Gasteiger partial charge in [-0.1, -0.05) is 0 Å². The van der Waals surface area contributed by atoms with Crippen molar-refractivity contribution in [1.29, 1.82) is 0 Å². The van der Waals surface area contributed by atoms with Crippen molar-refractivity contribution in [2.75, 3.05) is 19.2 Å². The van der Waals surface area contributed by atoms with Gasteiger partial charge in [-0.2, -0.15) is 0 Å². The van der Waals surface area contributed by atoms with E-state index in [-0.39, 0.29) is 6.73 Å². The van der Waals surface area contributed by atoms with Gasteiger partial charge in [-0.25, -0.2) is 0 Å². The lowest BCUT2D eigenvalue weighted by Crippen LogP contribution is -1.98. The molecule has 0 fully saturated rings. The van der Waals surface area contributed by atoms with E-state index < -0.39 is 0 Å². The summed E-state index contributed by atoms with van der Waals surface area (Å²) < 4.78 is 4.96. The molecule has 3 nitrogen and oxygen atoms in total. The van der Waals surface area contributed by atoms with Crippen LogP contribution in [0.5, 0.6) is 5.75 Å². The van der Waals surface area contributed by atoms with Crippen LogP contribution in [-0.4, -0.2) is 18.9 Å². The molecule has 2 N–H and O–H groups in total. The molecule has 0 aliphatic rings. The van der Waals surface area contributed by atoms with Crippen molar-refractivity contribution < 1.29 is 9.84 Å². The highest BCUT2D eigenvalue weighted by Crippen LogP contribution is 2.14. The molecule has 1 rings (SSSR count). The summed E-state index contributed by atoms with van der Waals surface area (Å²) in [5.41, 5.74) is 0.883. The van der Waals surface area contributed by atoms with Crippen LogP contribution in [0.2, 0.25) is 0 Å². The van der Waals surface area contributed by atoms with E-state index in [2.05, 4.69) is 5.32 Å². The molecule has 0 aliphatic heterocycles. The van der Waals surface area contributed by atoms with Crippen LogP contribution in [-0.2, 0) is 0 Å². The first-order valence-corrected chi connectivity index (χ1v) is 3.35. The molecule has 0 atom stereocenters. The van der Waals surface area contributed by atoms with Crippen LogP contribution in [0.3, 0.4) is 0 Å². The molecule has 0 unspecified atom stereocenters. The lowest BCUT2D eigenvalue weighted by Gasteiger charge is -2.02. The summed E-state index contributed by atoms with van der Waals surface area (Å²) in [7, 11) is 1.62. The number of aliphatic hydroxyl groups excluding tert-OH is 1. The fourth-order valence-corrected chi connectivity index (χ4v) is 0.800. The molecule has 1 aromatic rings. The Labute approximate surface area is 65.6 Å². The van der Waals surface area contributed by atoms with Crippen LogP contribution in [0.1, 0.15) is 0 Å². The fourth-order valence-electron chi connectivity index (χ4n) is 0.800. The molecule has 0 aromatic heterocycles. The summed E-state index contributed by atoms with van der Waals surface area (Å²) in [6, 6.07) is 7.35. The topological polar surface area (TPSA) is 41.5 Å². The zero-order chi connectivity index (χ0) is 8.10. The molecule has 0 radical (unpaired) electrons. The van der Waals surface area contributed by atoms with E-state index in [4.69, 9.17) is 9.84 Å². The van der Waals surface area contributed by atoms with E-state index in [0.717, 1.165) is 11.4 Å². The fraction of sp³-hybridized carbons (Fsp3) is 0.250. The smallest absolute Gasteiger partial charge is 0.119 e. The van der Waals surface area contributed by atoms with Gasteiger partial charge in [0.2, 0.25) is 0 Å². The van der Waals surface area contributed by atoms with Gasteiger partial charge in [-0.05, 0) is 24.3 Å². The van der Waals surface area contributed by atoms with Gasteiger partial charge in [0, 0.05) is 5.69 Å². The van der Waals surface area contributed by atoms with E-state index >= 15 is 0 Å². The molecule has 0 bridgehead atoms. The standard InChI is InChI=1S/C8H11NO2/c1-11-8-4-2-7(3-5-8)9-6-10/h2-5,9-10H,6H2,1H3. The van der Waals surface area contributed by atoms with Crippen molar-refractivity contribution >= 4 is 5.69 Å². The average molecular weight is 153 g/mol. The van der Waals surface area contributed by atoms with Gasteiger partial charge in [0.25, 0.3) is 0 Å². The van der Waals surface area contributed by atoms with Crippen LogP contribution >= 0.6 is 0 Å². The Bertz CT molecular complexity index is 208. The minimum Gasteiger partial charge on any atom is -0.497 e. The predicted octanol–water partition coefficient (Wildman–Crippen LogP) is 1.06. The monoisotopic (exact) mass is 153 g/mol. The Morgan fingerprint density at radius 3 is 2.45 bits per heavy atom. The van der Waals surface area contributed by atoms with Crippen molar-refractivity contribution in [2.45, 2.75) is 0 Å². The minimum absolute atomic E-state index is 0.0493. The first kappa shape index (κ1) is 7.88. The van der Waals surface area contributed by atoms with E-state index in [1.807, 2.05) is 24.3 Å². The first-order chi connectivity index (χ1) is 5.36. The molecule has 0 saturated heterocycles. The van der Waals surface area contributed by atoms with E-state index in [0.29, 0.717) is 0 Å². The molecule has 0 spiro atoms. The van der Waals surface area contributed by atoms with Crippen molar-refractivity contribution in [3.8, 4) is 5.75 Å². The van der Waals surface area contributed by atoms with Crippen LogP contribution in [0.4, 0.5) is 5.69 Å². The highest BCUT2D eigenvalue weighted by Gasteiger charge is 1.90. The second-order valence-corrected chi connectivity index (χ2v) is 2.06. The third-order valence-electron chi connectivity index (χ3n) is 1.37. The van der Waals surface area contributed by atoms with Crippen molar-refractivity contribution in [3.63, 3.8) is 0 Å². The summed E-state index contributed by atoms with van der Waals surface area (Å²) >= 11 is 0. The SMILES string of the molecule is COc1ccc(NCO)cc1. The maximum absolute atomic E-state index is 8.50. The Kier molecular flexibility index (Phi) is 2.74. The summed E-state index contributed by atoms with van der Waals surface area (Å²) in [4.78, 5) is 0. The Balaban J connectivity index is 2.66. The highest BCUT2D eigenvalue weighted by atomic mass is 16.5. The summed E-state index contributed by atoms with van der Waals surface area (Å²) in [6.07, 6.45) is 0. The predicted molar refractivity (Wildman–Crippen MR) is 43.7 cm³/mol. The average Bonchev–Trinajstić information content (AvgIpc) is 2.07. The molecular formula is C8H11NO2. The Morgan fingerprint density at radius 2 is 2.00 bits per heavy atom. The molecule has 11 heavy (non-hydrogen) atoms. The molecule has 60 valence electrons. The van der Waals surface area contributed by atoms with Gasteiger partial charge >= 0.3 is 0 Å². The highest BCUT2D eigenvalue weighted by molar-refractivity contribution is 5.45. The molecule has 0 aliphatic carbocycles. The normalized spacial score (nSPS) is 9.27.